The van der Waals surface area contributed by atoms with Gasteiger partial charge < -0.3 is 10.2 Å². The van der Waals surface area contributed by atoms with Gasteiger partial charge in [-0.25, -0.2) is 4.98 Å². The number of nitrogens with zero attached hydrogens (tertiary/aromatic N) is 3. The maximum absolute atomic E-state index is 12.6. The van der Waals surface area contributed by atoms with Crippen LogP contribution in [0, 0.1) is 6.92 Å². The number of nitrogens with one attached hydrogen (secondary N) is 2. The zero-order valence-electron chi connectivity index (χ0n) is 18.6. The third-order valence-electron chi connectivity index (χ3n) is 5.99. The van der Waals surface area contributed by atoms with Crippen molar-refractivity contribution in [3.8, 4) is 0 Å². The number of hydrogen-bond donors (Lipinski definition) is 2. The quantitative estimate of drug-likeness (QED) is 0.636. The molecule has 2 N–H and O–H groups in total. The van der Waals surface area contributed by atoms with Gasteiger partial charge in [0.2, 0.25) is 5.95 Å². The summed E-state index contributed by atoms with van der Waals surface area (Å²) < 4.78 is 0. The molecule has 1 aromatic heterocycles. The van der Waals surface area contributed by atoms with Crippen molar-refractivity contribution in [2.75, 3.05) is 36.4 Å². The summed E-state index contributed by atoms with van der Waals surface area (Å²) in [7, 11) is 0. The van der Waals surface area contributed by atoms with Crippen LogP contribution < -0.4 is 15.8 Å². The lowest BCUT2D eigenvalue weighted by atomic mass is 10.1. The first-order valence-electron chi connectivity index (χ1n) is 11.0. The maximum Gasteiger partial charge on any atom is 0.256 e. The van der Waals surface area contributed by atoms with Crippen molar-refractivity contribution < 1.29 is 0 Å². The largest absolute Gasteiger partial charge is 0.369 e. The molecule has 0 unspecified atom stereocenters. The van der Waals surface area contributed by atoms with Gasteiger partial charge in [-0.3, -0.25) is 14.7 Å². The molecule has 0 amide bonds. The fourth-order valence-corrected chi connectivity index (χ4v) is 4.07. The molecule has 0 aliphatic carbocycles. The van der Waals surface area contributed by atoms with Gasteiger partial charge >= 0.3 is 0 Å². The lowest BCUT2D eigenvalue weighted by Crippen LogP contribution is -2.48. The molecule has 1 aliphatic heterocycles. The predicted molar refractivity (Wildman–Crippen MR) is 127 cm³/mol. The number of piperazine rings is 1. The van der Waals surface area contributed by atoms with Crippen LogP contribution in [0.3, 0.4) is 0 Å². The molecule has 4 rings (SSSR count). The van der Waals surface area contributed by atoms with E-state index in [1.165, 1.54) is 5.69 Å². The highest BCUT2D eigenvalue weighted by Gasteiger charge is 2.19. The molecule has 31 heavy (non-hydrogen) atoms. The van der Waals surface area contributed by atoms with Crippen LogP contribution in [0.4, 0.5) is 17.3 Å². The Kier molecular flexibility index (Phi) is 6.37. The Morgan fingerprint density at radius 3 is 2.29 bits per heavy atom. The Morgan fingerprint density at radius 2 is 1.68 bits per heavy atom. The van der Waals surface area contributed by atoms with E-state index in [1.807, 2.05) is 49.4 Å². The zero-order chi connectivity index (χ0) is 21.8. The molecule has 1 saturated heterocycles. The second kappa shape index (κ2) is 9.35. The van der Waals surface area contributed by atoms with E-state index in [2.05, 4.69) is 51.1 Å². The van der Waals surface area contributed by atoms with Crippen LogP contribution >= 0.6 is 0 Å². The number of rotatable bonds is 6. The van der Waals surface area contributed by atoms with Gasteiger partial charge in [0, 0.05) is 55.6 Å². The van der Waals surface area contributed by atoms with E-state index < -0.39 is 0 Å². The van der Waals surface area contributed by atoms with E-state index >= 15 is 0 Å². The summed E-state index contributed by atoms with van der Waals surface area (Å²) in [6, 6.07) is 18.9. The number of aromatic amines is 1. The summed E-state index contributed by atoms with van der Waals surface area (Å²) in [5.74, 6) is 0.470. The molecule has 0 atom stereocenters. The SMILES string of the molecule is Cc1nc(Nc2ccc(N3CCN(C(C)C)CC3)cc2)[nH]c(=O)c1Cc1ccccc1. The number of aromatic nitrogens is 2. The van der Waals surface area contributed by atoms with Gasteiger partial charge in [0.05, 0.1) is 5.69 Å². The zero-order valence-corrected chi connectivity index (χ0v) is 18.6. The van der Waals surface area contributed by atoms with Gasteiger partial charge in [-0.2, -0.15) is 0 Å². The fourth-order valence-electron chi connectivity index (χ4n) is 4.07. The number of anilines is 3. The summed E-state index contributed by atoms with van der Waals surface area (Å²) in [6.45, 7) is 10.7. The monoisotopic (exact) mass is 417 g/mol. The Balaban J connectivity index is 1.42. The van der Waals surface area contributed by atoms with Crippen LogP contribution in [0.15, 0.2) is 59.4 Å². The average Bonchev–Trinajstić information content (AvgIpc) is 2.78. The highest BCUT2D eigenvalue weighted by molar-refractivity contribution is 5.59. The number of aryl methyl sites for hydroxylation is 1. The molecule has 2 aromatic carbocycles. The molecule has 1 fully saturated rings. The summed E-state index contributed by atoms with van der Waals surface area (Å²) in [6.07, 6.45) is 0.577. The van der Waals surface area contributed by atoms with E-state index in [9.17, 15) is 4.79 Å². The van der Waals surface area contributed by atoms with Crippen LogP contribution in [-0.4, -0.2) is 47.1 Å². The van der Waals surface area contributed by atoms with Crippen molar-refractivity contribution in [2.45, 2.75) is 33.2 Å². The van der Waals surface area contributed by atoms with Crippen molar-refractivity contribution in [1.29, 1.82) is 0 Å². The highest BCUT2D eigenvalue weighted by atomic mass is 16.1. The summed E-state index contributed by atoms with van der Waals surface area (Å²) in [5, 5.41) is 3.24. The first kappa shape index (κ1) is 21.1. The van der Waals surface area contributed by atoms with Crippen LogP contribution in [0.2, 0.25) is 0 Å². The first-order valence-corrected chi connectivity index (χ1v) is 11.0. The molecule has 0 saturated carbocycles. The molecule has 0 bridgehead atoms. The summed E-state index contributed by atoms with van der Waals surface area (Å²) in [5.41, 5.74) is 4.58. The molecule has 1 aliphatic rings. The second-order valence-corrected chi connectivity index (χ2v) is 8.43. The number of benzene rings is 2. The van der Waals surface area contributed by atoms with Gasteiger partial charge in [0.15, 0.2) is 0 Å². The summed E-state index contributed by atoms with van der Waals surface area (Å²) in [4.78, 5) is 25.0. The number of H-pyrrole nitrogens is 1. The molecule has 6 nitrogen and oxygen atoms in total. The Morgan fingerprint density at radius 1 is 1.00 bits per heavy atom. The minimum atomic E-state index is -0.0986. The van der Waals surface area contributed by atoms with Crippen molar-refractivity contribution in [2.24, 2.45) is 0 Å². The number of hydrogen-bond acceptors (Lipinski definition) is 5. The minimum Gasteiger partial charge on any atom is -0.369 e. The molecule has 3 aromatic rings. The van der Waals surface area contributed by atoms with Crippen LogP contribution in [0.1, 0.15) is 30.7 Å². The Hall–Kier alpha value is -3.12. The molecule has 0 radical (unpaired) electrons. The highest BCUT2D eigenvalue weighted by Crippen LogP contribution is 2.21. The Bertz CT molecular complexity index is 1050. The molecule has 2 heterocycles. The molecule has 0 spiro atoms. The molecular formula is C25H31N5O. The van der Waals surface area contributed by atoms with Gasteiger partial charge in [-0.05, 0) is 50.6 Å². The molecule has 162 valence electrons. The second-order valence-electron chi connectivity index (χ2n) is 8.43. The fraction of sp³-hybridized carbons (Fsp3) is 0.360. The lowest BCUT2D eigenvalue weighted by Gasteiger charge is -2.38. The average molecular weight is 418 g/mol. The summed E-state index contributed by atoms with van der Waals surface area (Å²) >= 11 is 0. The standard InChI is InChI=1S/C25H31N5O/c1-18(2)29-13-15-30(16-14-29)22-11-9-21(10-12-22)27-25-26-19(3)23(24(31)28-25)17-20-7-5-4-6-8-20/h4-12,18H,13-17H2,1-3H3,(H2,26,27,28,31). The van der Waals surface area contributed by atoms with Crippen LogP contribution in [0.25, 0.3) is 0 Å². The predicted octanol–water partition coefficient (Wildman–Crippen LogP) is 3.94. The van der Waals surface area contributed by atoms with E-state index in [0.29, 0.717) is 24.0 Å². The van der Waals surface area contributed by atoms with Gasteiger partial charge in [0.25, 0.3) is 5.56 Å². The lowest BCUT2D eigenvalue weighted by molar-refractivity contribution is 0.209. The van der Waals surface area contributed by atoms with E-state index in [0.717, 1.165) is 43.1 Å². The Labute approximate surface area is 183 Å². The van der Waals surface area contributed by atoms with E-state index in [1.54, 1.807) is 0 Å². The first-order chi connectivity index (χ1) is 15.0. The molecular weight excluding hydrogens is 386 g/mol. The minimum absolute atomic E-state index is 0.0986. The molecule has 6 heteroatoms. The van der Waals surface area contributed by atoms with Crippen molar-refractivity contribution >= 4 is 17.3 Å². The third kappa shape index (κ3) is 5.14. The van der Waals surface area contributed by atoms with Crippen molar-refractivity contribution in [1.82, 2.24) is 14.9 Å². The van der Waals surface area contributed by atoms with Crippen LogP contribution in [-0.2, 0) is 6.42 Å². The normalized spacial score (nSPS) is 14.8. The van der Waals surface area contributed by atoms with Gasteiger partial charge in [-0.15, -0.1) is 0 Å². The van der Waals surface area contributed by atoms with Gasteiger partial charge in [-0.1, -0.05) is 30.3 Å². The van der Waals surface area contributed by atoms with Crippen molar-refractivity contribution in [3.05, 3.63) is 81.8 Å². The third-order valence-corrected chi connectivity index (χ3v) is 5.99. The van der Waals surface area contributed by atoms with Gasteiger partial charge in [0.1, 0.15) is 0 Å². The van der Waals surface area contributed by atoms with E-state index in [4.69, 9.17) is 0 Å². The smallest absolute Gasteiger partial charge is 0.256 e. The van der Waals surface area contributed by atoms with E-state index in [-0.39, 0.29) is 5.56 Å². The van der Waals surface area contributed by atoms with Crippen molar-refractivity contribution in [3.63, 3.8) is 0 Å². The van der Waals surface area contributed by atoms with Crippen LogP contribution in [0.5, 0.6) is 0 Å². The maximum atomic E-state index is 12.6. The topological polar surface area (TPSA) is 64.3 Å².